The summed E-state index contributed by atoms with van der Waals surface area (Å²) >= 11 is 0. The Morgan fingerprint density at radius 2 is 2.07 bits per heavy atom. The second-order valence-electron chi connectivity index (χ2n) is 8.04. The van der Waals surface area contributed by atoms with Crippen molar-refractivity contribution in [3.63, 3.8) is 0 Å². The summed E-state index contributed by atoms with van der Waals surface area (Å²) < 4.78 is 0. The Labute approximate surface area is 171 Å². The third-order valence-electron chi connectivity index (χ3n) is 5.93. The Balaban J connectivity index is 1.57. The molecule has 0 spiro atoms. The third kappa shape index (κ3) is 4.40. The number of pyridine rings is 1. The smallest absolute Gasteiger partial charge is 0.254 e. The molecule has 7 heteroatoms. The van der Waals surface area contributed by atoms with E-state index in [1.54, 1.807) is 12.4 Å². The maximum atomic E-state index is 12.8. The van der Waals surface area contributed by atoms with E-state index < -0.39 is 0 Å². The summed E-state index contributed by atoms with van der Waals surface area (Å²) in [4.78, 5) is 41.6. The lowest BCUT2D eigenvalue weighted by molar-refractivity contribution is -0.135. The highest BCUT2D eigenvalue weighted by Gasteiger charge is 2.31. The van der Waals surface area contributed by atoms with Crippen molar-refractivity contribution in [2.45, 2.75) is 64.6 Å². The van der Waals surface area contributed by atoms with Gasteiger partial charge in [-0.05, 0) is 49.8 Å². The molecule has 1 saturated heterocycles. The van der Waals surface area contributed by atoms with Crippen molar-refractivity contribution in [2.75, 3.05) is 13.1 Å². The maximum Gasteiger partial charge on any atom is 0.254 e. The van der Waals surface area contributed by atoms with Gasteiger partial charge in [0.1, 0.15) is 5.82 Å². The van der Waals surface area contributed by atoms with E-state index in [1.165, 1.54) is 5.56 Å². The molecule has 2 aromatic rings. The summed E-state index contributed by atoms with van der Waals surface area (Å²) in [5, 5.41) is 0. The topological polar surface area (TPSA) is 82.2 Å². The zero-order chi connectivity index (χ0) is 20.2. The van der Waals surface area contributed by atoms with E-state index in [1.807, 2.05) is 24.0 Å². The molecule has 0 radical (unpaired) electrons. The number of likely N-dealkylation sites (tertiary alicyclic amines) is 1. The van der Waals surface area contributed by atoms with Gasteiger partial charge >= 0.3 is 0 Å². The molecule has 2 aromatic heterocycles. The molecule has 2 aliphatic rings. The minimum Gasteiger partial charge on any atom is -0.333 e. The molecule has 1 atom stereocenters. The van der Waals surface area contributed by atoms with Gasteiger partial charge in [0.15, 0.2) is 0 Å². The molecule has 0 saturated carbocycles. The van der Waals surface area contributed by atoms with Gasteiger partial charge in [0.25, 0.3) is 5.56 Å². The number of carbonyl (C=O) groups excluding carboxylic acids is 1. The Hall–Kier alpha value is -2.54. The summed E-state index contributed by atoms with van der Waals surface area (Å²) in [6.45, 7) is 5.08. The fourth-order valence-electron chi connectivity index (χ4n) is 4.42. The second-order valence-corrected chi connectivity index (χ2v) is 8.04. The quantitative estimate of drug-likeness (QED) is 0.841. The number of nitrogens with zero attached hydrogens (tertiary/aromatic N) is 4. The van der Waals surface area contributed by atoms with E-state index in [0.717, 1.165) is 56.6 Å². The van der Waals surface area contributed by atoms with Gasteiger partial charge in [-0.25, -0.2) is 4.98 Å². The maximum absolute atomic E-state index is 12.8. The molecule has 1 unspecified atom stereocenters. The van der Waals surface area contributed by atoms with Crippen LogP contribution in [0.1, 0.15) is 67.7 Å². The minimum atomic E-state index is -0.114. The Morgan fingerprint density at radius 3 is 2.86 bits per heavy atom. The molecule has 7 nitrogen and oxygen atoms in total. The first-order valence-electron chi connectivity index (χ1n) is 10.7. The summed E-state index contributed by atoms with van der Waals surface area (Å²) in [7, 11) is 0. The van der Waals surface area contributed by atoms with Crippen molar-refractivity contribution >= 4 is 5.91 Å². The Kier molecular flexibility index (Phi) is 6.04. The molecular weight excluding hydrogens is 366 g/mol. The number of rotatable bonds is 5. The minimum absolute atomic E-state index is 0.0398. The van der Waals surface area contributed by atoms with Crippen molar-refractivity contribution in [1.82, 2.24) is 24.8 Å². The standard InChI is InChI=1S/C22H29N5O2/c1-2-5-20(28)27-12-4-3-6-19(27)21-24-18-15-26(13-9-17(18)22(29)25-21)14-16-7-10-23-11-8-16/h7-8,10-11,19H,2-6,9,12-15H2,1H3,(H,24,25,29). The van der Waals surface area contributed by atoms with E-state index in [0.29, 0.717) is 25.2 Å². The normalized spacial score (nSPS) is 19.8. The first-order chi connectivity index (χ1) is 14.2. The first-order valence-corrected chi connectivity index (χ1v) is 10.7. The number of amides is 1. The number of H-pyrrole nitrogens is 1. The van der Waals surface area contributed by atoms with E-state index in [2.05, 4.69) is 14.9 Å². The van der Waals surface area contributed by atoms with Crippen LogP contribution in [0.25, 0.3) is 0 Å². The van der Waals surface area contributed by atoms with Crippen LogP contribution < -0.4 is 5.56 Å². The van der Waals surface area contributed by atoms with Gasteiger partial charge in [-0.15, -0.1) is 0 Å². The van der Waals surface area contributed by atoms with Gasteiger partial charge in [-0.3, -0.25) is 19.5 Å². The summed E-state index contributed by atoms with van der Waals surface area (Å²) in [6, 6.07) is 3.92. The molecule has 29 heavy (non-hydrogen) atoms. The van der Waals surface area contributed by atoms with Gasteiger partial charge in [0, 0.05) is 50.6 Å². The average Bonchev–Trinajstić information content (AvgIpc) is 2.74. The monoisotopic (exact) mass is 395 g/mol. The number of aromatic nitrogens is 3. The molecule has 4 heterocycles. The van der Waals surface area contributed by atoms with Crippen LogP contribution in [-0.4, -0.2) is 43.7 Å². The van der Waals surface area contributed by atoms with Crippen molar-refractivity contribution in [3.8, 4) is 0 Å². The van der Waals surface area contributed by atoms with E-state index in [9.17, 15) is 9.59 Å². The zero-order valence-corrected chi connectivity index (χ0v) is 17.1. The van der Waals surface area contributed by atoms with E-state index >= 15 is 0 Å². The van der Waals surface area contributed by atoms with Crippen molar-refractivity contribution in [3.05, 3.63) is 57.5 Å². The van der Waals surface area contributed by atoms with Crippen LogP contribution in [0, 0.1) is 0 Å². The van der Waals surface area contributed by atoms with Crippen LogP contribution in [0.3, 0.4) is 0 Å². The van der Waals surface area contributed by atoms with Crippen LogP contribution in [0.4, 0.5) is 0 Å². The predicted molar refractivity (Wildman–Crippen MR) is 110 cm³/mol. The summed E-state index contributed by atoms with van der Waals surface area (Å²) in [6.07, 6.45) is 8.62. The van der Waals surface area contributed by atoms with Crippen LogP contribution in [0.15, 0.2) is 29.3 Å². The number of nitrogens with one attached hydrogen (secondary N) is 1. The molecule has 4 rings (SSSR count). The van der Waals surface area contributed by atoms with Gasteiger partial charge in [0.2, 0.25) is 5.91 Å². The molecule has 0 bridgehead atoms. The number of hydrogen-bond donors (Lipinski definition) is 1. The Morgan fingerprint density at radius 1 is 1.24 bits per heavy atom. The number of aromatic amines is 1. The Bertz CT molecular complexity index is 911. The number of piperidine rings is 1. The highest BCUT2D eigenvalue weighted by atomic mass is 16.2. The number of hydrogen-bond acceptors (Lipinski definition) is 5. The van der Waals surface area contributed by atoms with Crippen LogP contribution in [0.2, 0.25) is 0 Å². The lowest BCUT2D eigenvalue weighted by Gasteiger charge is -2.36. The fourth-order valence-corrected chi connectivity index (χ4v) is 4.42. The molecule has 0 aromatic carbocycles. The summed E-state index contributed by atoms with van der Waals surface area (Å²) in [5.41, 5.74) is 2.82. The lowest BCUT2D eigenvalue weighted by Crippen LogP contribution is -2.41. The number of carbonyl (C=O) groups is 1. The van der Waals surface area contributed by atoms with Crippen molar-refractivity contribution in [2.24, 2.45) is 0 Å². The molecule has 1 amide bonds. The van der Waals surface area contributed by atoms with Gasteiger partial charge in [0.05, 0.1) is 11.7 Å². The zero-order valence-electron chi connectivity index (χ0n) is 17.1. The molecule has 154 valence electrons. The SMILES string of the molecule is CCCC(=O)N1CCCCC1c1nc2c(c(=O)[nH]1)CCN(Cc1ccncc1)C2. The first kappa shape index (κ1) is 19.8. The molecule has 1 fully saturated rings. The molecular formula is C22H29N5O2. The molecule has 0 aliphatic carbocycles. The second kappa shape index (κ2) is 8.86. The molecule has 1 N–H and O–H groups in total. The van der Waals surface area contributed by atoms with E-state index in [4.69, 9.17) is 4.98 Å². The van der Waals surface area contributed by atoms with Crippen LogP contribution >= 0.6 is 0 Å². The number of fused-ring (bicyclic) bond motifs is 1. The highest BCUT2D eigenvalue weighted by Crippen LogP contribution is 2.30. The van der Waals surface area contributed by atoms with Crippen LogP contribution in [-0.2, 0) is 24.3 Å². The fraction of sp³-hybridized carbons (Fsp3) is 0.545. The van der Waals surface area contributed by atoms with Crippen LogP contribution in [0.5, 0.6) is 0 Å². The third-order valence-corrected chi connectivity index (χ3v) is 5.93. The van der Waals surface area contributed by atoms with Crippen molar-refractivity contribution in [1.29, 1.82) is 0 Å². The average molecular weight is 396 g/mol. The summed E-state index contributed by atoms with van der Waals surface area (Å²) in [5.74, 6) is 0.820. The van der Waals surface area contributed by atoms with Gasteiger partial charge in [-0.2, -0.15) is 0 Å². The largest absolute Gasteiger partial charge is 0.333 e. The highest BCUT2D eigenvalue weighted by molar-refractivity contribution is 5.76. The predicted octanol–water partition coefficient (Wildman–Crippen LogP) is 2.58. The van der Waals surface area contributed by atoms with Gasteiger partial charge in [-0.1, -0.05) is 6.92 Å². The van der Waals surface area contributed by atoms with Gasteiger partial charge < -0.3 is 9.88 Å². The molecule has 2 aliphatic heterocycles. The van der Waals surface area contributed by atoms with E-state index in [-0.39, 0.29) is 17.5 Å². The lowest BCUT2D eigenvalue weighted by atomic mass is 9.99. The van der Waals surface area contributed by atoms with Crippen molar-refractivity contribution < 1.29 is 4.79 Å².